The van der Waals surface area contributed by atoms with Crippen LogP contribution < -0.4 is 4.74 Å². The van der Waals surface area contributed by atoms with E-state index in [-0.39, 0.29) is 29.9 Å². The Morgan fingerprint density at radius 1 is 1.24 bits per heavy atom. The van der Waals surface area contributed by atoms with Crippen molar-refractivity contribution in [2.75, 3.05) is 32.2 Å². The first-order chi connectivity index (χ1) is 13.7. The summed E-state index contributed by atoms with van der Waals surface area (Å²) in [6.07, 6.45) is 1.47. The molecule has 1 saturated heterocycles. The maximum Gasteiger partial charge on any atom is 0.178 e. The van der Waals surface area contributed by atoms with Gasteiger partial charge in [0.15, 0.2) is 15.6 Å². The summed E-state index contributed by atoms with van der Waals surface area (Å²) >= 11 is 0. The molecule has 3 rings (SSSR count). The first-order valence-corrected chi connectivity index (χ1v) is 11.8. The van der Waals surface area contributed by atoms with E-state index >= 15 is 0 Å². The Balaban J connectivity index is 1.65. The predicted molar refractivity (Wildman–Crippen MR) is 115 cm³/mol. The molecular formula is C22H30N2O4S. The van der Waals surface area contributed by atoms with Crippen LogP contribution in [0.2, 0.25) is 0 Å². The molecule has 0 bridgehead atoms. The summed E-state index contributed by atoms with van der Waals surface area (Å²) in [6, 6.07) is 9.91. The molecule has 0 spiro atoms. The molecule has 1 fully saturated rings. The fourth-order valence-electron chi connectivity index (χ4n) is 4.02. The van der Waals surface area contributed by atoms with Gasteiger partial charge in [-0.25, -0.2) is 8.42 Å². The summed E-state index contributed by atoms with van der Waals surface area (Å²) in [5.74, 6) is 1.25. The summed E-state index contributed by atoms with van der Waals surface area (Å²) < 4.78 is 30.8. The molecule has 1 aliphatic rings. The van der Waals surface area contributed by atoms with E-state index in [2.05, 4.69) is 16.7 Å². The normalized spacial score (nSPS) is 18.3. The molecule has 158 valence electrons. The lowest BCUT2D eigenvalue weighted by Gasteiger charge is -2.22. The third-order valence-corrected chi connectivity index (χ3v) is 7.63. The Hall–Kier alpha value is -2.12. The molecular weight excluding hydrogens is 388 g/mol. The lowest BCUT2D eigenvalue weighted by molar-refractivity contribution is 0.0926. The van der Waals surface area contributed by atoms with Gasteiger partial charge < -0.3 is 9.30 Å². The van der Waals surface area contributed by atoms with E-state index in [0.717, 1.165) is 35.7 Å². The van der Waals surface area contributed by atoms with Gasteiger partial charge >= 0.3 is 0 Å². The Kier molecular flexibility index (Phi) is 6.49. The zero-order valence-corrected chi connectivity index (χ0v) is 18.5. The van der Waals surface area contributed by atoms with Crippen LogP contribution in [-0.2, 0) is 22.8 Å². The molecule has 0 saturated carbocycles. The van der Waals surface area contributed by atoms with Crippen molar-refractivity contribution in [3.8, 4) is 5.75 Å². The minimum atomic E-state index is -2.95. The topological polar surface area (TPSA) is 68.6 Å². The average Bonchev–Trinajstić information content (AvgIpc) is 3.19. The monoisotopic (exact) mass is 418 g/mol. The average molecular weight is 419 g/mol. The molecule has 1 unspecified atom stereocenters. The highest BCUT2D eigenvalue weighted by Crippen LogP contribution is 2.20. The van der Waals surface area contributed by atoms with E-state index in [1.165, 1.54) is 5.56 Å². The Bertz CT molecular complexity index is 977. The van der Waals surface area contributed by atoms with Gasteiger partial charge in [-0.2, -0.15) is 0 Å². The van der Waals surface area contributed by atoms with Gasteiger partial charge in [0.25, 0.3) is 0 Å². The van der Waals surface area contributed by atoms with Crippen LogP contribution in [-0.4, -0.2) is 61.9 Å². The lowest BCUT2D eigenvalue weighted by atomic mass is 10.1. The molecule has 0 amide bonds. The number of aryl methyl sites for hydroxylation is 2. The number of likely N-dealkylation sites (N-methyl/N-ethyl adjacent to an activating group) is 1. The van der Waals surface area contributed by atoms with E-state index in [0.29, 0.717) is 6.42 Å². The van der Waals surface area contributed by atoms with Crippen LogP contribution >= 0.6 is 0 Å². The van der Waals surface area contributed by atoms with Crippen LogP contribution in [0.1, 0.15) is 33.7 Å². The minimum Gasteiger partial charge on any atom is -0.497 e. The van der Waals surface area contributed by atoms with Crippen molar-refractivity contribution in [3.63, 3.8) is 0 Å². The number of hydrogen-bond acceptors (Lipinski definition) is 5. The lowest BCUT2D eigenvalue weighted by Crippen LogP contribution is -2.36. The summed E-state index contributed by atoms with van der Waals surface area (Å²) in [5.41, 5.74) is 3.97. The maximum atomic E-state index is 12.9. The highest BCUT2D eigenvalue weighted by molar-refractivity contribution is 7.91. The van der Waals surface area contributed by atoms with E-state index in [1.54, 1.807) is 7.11 Å². The number of ketones is 1. The molecule has 1 atom stereocenters. The number of nitrogens with zero attached hydrogens (tertiary/aromatic N) is 2. The Morgan fingerprint density at radius 3 is 2.52 bits per heavy atom. The number of Topliss-reactive ketones (excluding diaryl/α,β-unsaturated/α-hetero) is 1. The molecule has 6 nitrogen and oxygen atoms in total. The van der Waals surface area contributed by atoms with Crippen molar-refractivity contribution in [3.05, 3.63) is 52.8 Å². The molecule has 2 heterocycles. The predicted octanol–water partition coefficient (Wildman–Crippen LogP) is 2.66. The third-order valence-electron chi connectivity index (χ3n) is 5.88. The highest BCUT2D eigenvalue weighted by Gasteiger charge is 2.31. The highest BCUT2D eigenvalue weighted by atomic mass is 32.2. The van der Waals surface area contributed by atoms with Crippen LogP contribution in [0.4, 0.5) is 0 Å². The second kappa shape index (κ2) is 8.71. The second-order valence-corrected chi connectivity index (χ2v) is 10.2. The van der Waals surface area contributed by atoms with Gasteiger partial charge in [0.1, 0.15) is 5.75 Å². The summed E-state index contributed by atoms with van der Waals surface area (Å²) in [5, 5.41) is 0. The summed E-state index contributed by atoms with van der Waals surface area (Å²) in [6.45, 7) is 5.04. The zero-order chi connectivity index (χ0) is 21.2. The van der Waals surface area contributed by atoms with Gasteiger partial charge in [-0.05, 0) is 57.5 Å². The molecule has 1 aromatic carbocycles. The first-order valence-electron chi connectivity index (χ1n) is 9.93. The molecule has 0 N–H and O–H groups in total. The molecule has 7 heteroatoms. The number of carbonyl (C=O) groups excluding carboxylic acids is 1. The number of hydrogen-bond donors (Lipinski definition) is 0. The molecule has 1 aromatic heterocycles. The quantitative estimate of drug-likeness (QED) is 0.617. The second-order valence-electron chi connectivity index (χ2n) is 7.93. The van der Waals surface area contributed by atoms with Gasteiger partial charge in [-0.3, -0.25) is 9.69 Å². The van der Waals surface area contributed by atoms with E-state index in [1.807, 2.05) is 44.0 Å². The number of rotatable bonds is 8. The minimum absolute atomic E-state index is 0.0422. The smallest absolute Gasteiger partial charge is 0.178 e. The van der Waals surface area contributed by atoms with Crippen LogP contribution in [0.25, 0.3) is 0 Å². The first kappa shape index (κ1) is 21.6. The Labute approximate surface area is 173 Å². The number of carbonyl (C=O) groups is 1. The molecule has 29 heavy (non-hydrogen) atoms. The van der Waals surface area contributed by atoms with Crippen molar-refractivity contribution in [1.82, 2.24) is 9.47 Å². The van der Waals surface area contributed by atoms with Gasteiger partial charge in [-0.1, -0.05) is 12.1 Å². The number of sulfone groups is 1. The van der Waals surface area contributed by atoms with Gasteiger partial charge in [0, 0.05) is 29.5 Å². The van der Waals surface area contributed by atoms with Crippen LogP contribution in [0.15, 0.2) is 30.3 Å². The van der Waals surface area contributed by atoms with E-state index < -0.39 is 9.84 Å². The van der Waals surface area contributed by atoms with Crippen molar-refractivity contribution < 1.29 is 17.9 Å². The number of benzene rings is 1. The zero-order valence-electron chi connectivity index (χ0n) is 17.6. The van der Waals surface area contributed by atoms with Crippen molar-refractivity contribution in [2.24, 2.45) is 0 Å². The summed E-state index contributed by atoms with van der Waals surface area (Å²) in [7, 11) is 0.541. The fourth-order valence-corrected chi connectivity index (χ4v) is 5.83. The number of methoxy groups -OCH3 is 1. The van der Waals surface area contributed by atoms with Crippen molar-refractivity contribution in [2.45, 2.75) is 39.3 Å². The maximum absolute atomic E-state index is 12.9. The molecule has 2 aromatic rings. The largest absolute Gasteiger partial charge is 0.497 e. The summed E-state index contributed by atoms with van der Waals surface area (Å²) in [4.78, 5) is 14.8. The van der Waals surface area contributed by atoms with Gasteiger partial charge in [0.05, 0.1) is 25.2 Å². The molecule has 0 radical (unpaired) electrons. The fraction of sp³-hybridized carbons (Fsp3) is 0.500. The molecule has 1 aliphatic heterocycles. The van der Waals surface area contributed by atoms with Crippen LogP contribution in [0.5, 0.6) is 5.75 Å². The number of ether oxygens (including phenoxy) is 1. The third kappa shape index (κ3) is 5.08. The Morgan fingerprint density at radius 2 is 1.93 bits per heavy atom. The number of aromatic nitrogens is 1. The van der Waals surface area contributed by atoms with Gasteiger partial charge in [-0.15, -0.1) is 0 Å². The molecule has 0 aliphatic carbocycles. The van der Waals surface area contributed by atoms with Gasteiger partial charge in [0.2, 0.25) is 0 Å². The van der Waals surface area contributed by atoms with Crippen LogP contribution in [0, 0.1) is 13.8 Å². The SMILES string of the molecule is COc1ccc(CCn2c(C)cc(C(=O)CN(C)C3CCS(=O)(=O)C3)c2C)cc1. The van der Waals surface area contributed by atoms with E-state index in [9.17, 15) is 13.2 Å². The van der Waals surface area contributed by atoms with Crippen molar-refractivity contribution >= 4 is 15.6 Å². The van der Waals surface area contributed by atoms with Crippen molar-refractivity contribution in [1.29, 1.82) is 0 Å². The van der Waals surface area contributed by atoms with E-state index in [4.69, 9.17) is 4.74 Å². The van der Waals surface area contributed by atoms with Crippen LogP contribution in [0.3, 0.4) is 0 Å². The standard InChI is InChI=1S/C22H30N2O4S/c1-16-13-21(22(25)14-23(3)19-10-12-29(26,27)15-19)17(2)24(16)11-9-18-5-7-20(28-4)8-6-18/h5-8,13,19H,9-12,14-15H2,1-4H3.